The molecule has 1 aromatic rings. The van der Waals surface area contributed by atoms with E-state index in [1.54, 1.807) is 11.8 Å². The smallest absolute Gasteiger partial charge is 0.230 e. The van der Waals surface area contributed by atoms with Crippen LogP contribution in [0.5, 0.6) is 0 Å². The second-order valence-corrected chi connectivity index (χ2v) is 4.98. The minimum Gasteiger partial charge on any atom is -0.391 e. The van der Waals surface area contributed by atoms with Crippen molar-refractivity contribution >= 4 is 23.5 Å². The zero-order valence-electron chi connectivity index (χ0n) is 10.7. The van der Waals surface area contributed by atoms with E-state index in [1.165, 1.54) is 0 Å². The summed E-state index contributed by atoms with van der Waals surface area (Å²) in [5.41, 5.74) is -0.547. The molecule has 0 bridgehead atoms. The number of hydrogen-bond donors (Lipinski definition) is 2. The molecular formula is C10H18ClN5O. The van der Waals surface area contributed by atoms with E-state index in [0.717, 1.165) is 0 Å². The normalized spacial score (nSPS) is 13.4. The summed E-state index contributed by atoms with van der Waals surface area (Å²) in [6.45, 7) is 5.40. The zero-order valence-corrected chi connectivity index (χ0v) is 11.4. The van der Waals surface area contributed by atoms with Gasteiger partial charge in [0, 0.05) is 14.1 Å². The van der Waals surface area contributed by atoms with Gasteiger partial charge in [0.1, 0.15) is 0 Å². The molecule has 1 aromatic heterocycles. The average Bonchev–Trinajstić information content (AvgIpc) is 2.15. The summed E-state index contributed by atoms with van der Waals surface area (Å²) >= 11 is 5.81. The summed E-state index contributed by atoms with van der Waals surface area (Å²) in [6, 6.07) is 0. The van der Waals surface area contributed by atoms with Crippen molar-refractivity contribution < 1.29 is 5.11 Å². The molecular weight excluding hydrogens is 242 g/mol. The number of nitrogens with one attached hydrogen (secondary N) is 1. The quantitative estimate of drug-likeness (QED) is 0.845. The van der Waals surface area contributed by atoms with Crippen LogP contribution in [-0.4, -0.2) is 45.8 Å². The maximum absolute atomic E-state index is 9.61. The van der Waals surface area contributed by atoms with Crippen LogP contribution in [0.25, 0.3) is 0 Å². The van der Waals surface area contributed by atoms with Crippen molar-refractivity contribution in [1.82, 2.24) is 15.0 Å². The molecule has 1 rings (SSSR count). The van der Waals surface area contributed by atoms with E-state index in [9.17, 15) is 5.11 Å². The van der Waals surface area contributed by atoms with Crippen molar-refractivity contribution in [3.8, 4) is 0 Å². The van der Waals surface area contributed by atoms with Crippen LogP contribution >= 0.6 is 11.6 Å². The molecule has 0 aromatic carbocycles. The fourth-order valence-electron chi connectivity index (χ4n) is 0.988. The average molecular weight is 260 g/mol. The van der Waals surface area contributed by atoms with Crippen LogP contribution in [0.4, 0.5) is 11.9 Å². The molecule has 6 nitrogen and oxygen atoms in total. The van der Waals surface area contributed by atoms with E-state index in [0.29, 0.717) is 11.9 Å². The molecule has 0 aliphatic carbocycles. The Balaban J connectivity index is 2.99. The van der Waals surface area contributed by atoms with Crippen LogP contribution in [0.15, 0.2) is 0 Å². The lowest BCUT2D eigenvalue weighted by Crippen LogP contribution is -2.42. The first-order valence-electron chi connectivity index (χ1n) is 5.27. The molecule has 0 saturated carbocycles. The second-order valence-electron chi connectivity index (χ2n) is 4.65. The third kappa shape index (κ3) is 3.67. The predicted molar refractivity (Wildman–Crippen MR) is 68.5 cm³/mol. The first kappa shape index (κ1) is 13.9. The van der Waals surface area contributed by atoms with E-state index in [2.05, 4.69) is 20.3 Å². The van der Waals surface area contributed by atoms with Crippen molar-refractivity contribution in [3.63, 3.8) is 0 Å². The summed E-state index contributed by atoms with van der Waals surface area (Å²) < 4.78 is 0. The van der Waals surface area contributed by atoms with E-state index < -0.39 is 11.6 Å². The number of anilines is 2. The molecule has 0 spiro atoms. The highest BCUT2D eigenvalue weighted by molar-refractivity contribution is 6.28. The number of halogens is 1. The number of hydrogen-bond acceptors (Lipinski definition) is 6. The molecule has 0 fully saturated rings. The number of aromatic nitrogens is 3. The monoisotopic (exact) mass is 259 g/mol. The standard InChI is InChI=1S/C10H18ClN5O/c1-6(17)10(2,3)15-8-12-7(11)13-9(14-8)16(4)5/h6,17H,1-5H3,(H,12,13,14,15). The van der Waals surface area contributed by atoms with Gasteiger partial charge in [-0.05, 0) is 32.4 Å². The topological polar surface area (TPSA) is 74.2 Å². The van der Waals surface area contributed by atoms with Crippen LogP contribution < -0.4 is 10.2 Å². The lowest BCUT2D eigenvalue weighted by molar-refractivity contribution is 0.132. The Kier molecular flexibility index (Phi) is 4.11. The maximum Gasteiger partial charge on any atom is 0.230 e. The zero-order chi connectivity index (χ0) is 13.2. The van der Waals surface area contributed by atoms with Gasteiger partial charge in [-0.1, -0.05) is 0 Å². The third-order valence-electron chi connectivity index (χ3n) is 2.47. The lowest BCUT2D eigenvalue weighted by atomic mass is 9.99. The minimum atomic E-state index is -0.555. The van der Waals surface area contributed by atoms with Crippen LogP contribution in [0, 0.1) is 0 Å². The fraction of sp³-hybridized carbons (Fsp3) is 0.700. The van der Waals surface area contributed by atoms with Crippen molar-refractivity contribution in [1.29, 1.82) is 0 Å². The molecule has 1 heterocycles. The van der Waals surface area contributed by atoms with Gasteiger partial charge in [-0.25, -0.2) is 0 Å². The first-order valence-corrected chi connectivity index (χ1v) is 5.65. The predicted octanol–water partition coefficient (Wildman–Crippen LogP) is 1.16. The number of aliphatic hydroxyl groups excluding tert-OH is 1. The Morgan fingerprint density at radius 2 is 1.88 bits per heavy atom. The van der Waals surface area contributed by atoms with Gasteiger partial charge in [0.15, 0.2) is 0 Å². The molecule has 96 valence electrons. The summed E-state index contributed by atoms with van der Waals surface area (Å²) in [5.74, 6) is 0.813. The molecule has 7 heteroatoms. The Morgan fingerprint density at radius 1 is 1.29 bits per heavy atom. The summed E-state index contributed by atoms with van der Waals surface area (Å²) in [7, 11) is 3.63. The highest BCUT2D eigenvalue weighted by Crippen LogP contribution is 2.18. The van der Waals surface area contributed by atoms with Crippen LogP contribution in [0.1, 0.15) is 20.8 Å². The van der Waals surface area contributed by atoms with Gasteiger partial charge in [-0.15, -0.1) is 0 Å². The first-order chi connectivity index (χ1) is 7.72. The molecule has 0 aliphatic heterocycles. The van der Waals surface area contributed by atoms with Gasteiger partial charge in [-0.3, -0.25) is 0 Å². The van der Waals surface area contributed by atoms with E-state index in [4.69, 9.17) is 11.6 Å². The maximum atomic E-state index is 9.61. The third-order valence-corrected chi connectivity index (χ3v) is 2.64. The van der Waals surface area contributed by atoms with E-state index in [-0.39, 0.29) is 5.28 Å². The number of nitrogens with zero attached hydrogens (tertiary/aromatic N) is 4. The Morgan fingerprint density at radius 3 is 2.35 bits per heavy atom. The fourth-order valence-corrected chi connectivity index (χ4v) is 1.14. The molecule has 0 aliphatic rings. The molecule has 0 radical (unpaired) electrons. The largest absolute Gasteiger partial charge is 0.391 e. The Bertz CT molecular complexity index is 394. The van der Waals surface area contributed by atoms with Crippen molar-refractivity contribution in [3.05, 3.63) is 5.28 Å². The van der Waals surface area contributed by atoms with E-state index >= 15 is 0 Å². The molecule has 17 heavy (non-hydrogen) atoms. The molecule has 1 unspecified atom stereocenters. The SMILES string of the molecule is CC(O)C(C)(C)Nc1nc(Cl)nc(N(C)C)n1. The van der Waals surface area contributed by atoms with E-state index in [1.807, 2.05) is 27.9 Å². The highest BCUT2D eigenvalue weighted by Gasteiger charge is 2.25. The van der Waals surface area contributed by atoms with Gasteiger partial charge >= 0.3 is 0 Å². The molecule has 0 amide bonds. The van der Waals surface area contributed by atoms with Crippen LogP contribution in [-0.2, 0) is 0 Å². The van der Waals surface area contributed by atoms with Gasteiger partial charge in [0.25, 0.3) is 0 Å². The Labute approximate surface area is 106 Å². The summed E-state index contributed by atoms with van der Waals surface area (Å²) in [4.78, 5) is 13.9. The van der Waals surface area contributed by atoms with Crippen molar-refractivity contribution in [2.45, 2.75) is 32.4 Å². The lowest BCUT2D eigenvalue weighted by Gasteiger charge is -2.29. The Hall–Kier alpha value is -1.14. The van der Waals surface area contributed by atoms with Gasteiger partial charge in [0.2, 0.25) is 17.2 Å². The van der Waals surface area contributed by atoms with Crippen molar-refractivity contribution in [2.24, 2.45) is 0 Å². The molecule has 2 N–H and O–H groups in total. The van der Waals surface area contributed by atoms with Crippen LogP contribution in [0.3, 0.4) is 0 Å². The second kappa shape index (κ2) is 5.01. The number of rotatable bonds is 4. The molecule has 0 saturated heterocycles. The summed E-state index contributed by atoms with van der Waals surface area (Å²) in [5, 5.41) is 12.8. The van der Waals surface area contributed by atoms with Gasteiger partial charge in [0.05, 0.1) is 11.6 Å². The highest BCUT2D eigenvalue weighted by atomic mass is 35.5. The van der Waals surface area contributed by atoms with Crippen LogP contribution in [0.2, 0.25) is 5.28 Å². The summed E-state index contributed by atoms with van der Waals surface area (Å²) in [6.07, 6.45) is -0.555. The molecule has 1 atom stereocenters. The van der Waals surface area contributed by atoms with Gasteiger partial charge in [-0.2, -0.15) is 15.0 Å². The number of aliphatic hydroxyl groups is 1. The van der Waals surface area contributed by atoms with Gasteiger partial charge < -0.3 is 15.3 Å². The van der Waals surface area contributed by atoms with Crippen molar-refractivity contribution in [2.75, 3.05) is 24.3 Å². The minimum absolute atomic E-state index is 0.118.